The van der Waals surface area contributed by atoms with Crippen LogP contribution in [0.4, 0.5) is 0 Å². The summed E-state index contributed by atoms with van der Waals surface area (Å²) in [6.45, 7) is 0.557. The van der Waals surface area contributed by atoms with Gasteiger partial charge in [-0.25, -0.2) is 0 Å². The maximum atomic E-state index is 9.88. The molecule has 0 bridgehead atoms. The zero-order valence-corrected chi connectivity index (χ0v) is 18.7. The smallest absolute Gasteiger partial charge is 0.810 e. The molecule has 0 saturated carbocycles. The third kappa shape index (κ3) is 14.4. The van der Waals surface area contributed by atoms with Crippen molar-refractivity contribution >= 4 is 15.2 Å². The zero-order chi connectivity index (χ0) is 8.58. The van der Waals surface area contributed by atoms with E-state index in [1.54, 1.807) is 0 Å². The predicted molar refractivity (Wildman–Crippen MR) is 24.7 cm³/mol. The topological polar surface area (TPSA) is 126 Å². The van der Waals surface area contributed by atoms with Gasteiger partial charge in [0.05, 0.1) is 0 Å². The van der Waals surface area contributed by atoms with Crippen LogP contribution in [0.2, 0.25) is 0 Å². The first-order valence-electron chi connectivity index (χ1n) is 2.19. The maximum Gasteiger partial charge on any atom is 1.00 e. The molecule has 0 atom stereocenters. The average molecular weight is 278 g/mol. The molecule has 6 nitrogen and oxygen atoms in total. The second-order valence-corrected chi connectivity index (χ2v) is 5.83. The van der Waals surface area contributed by atoms with Crippen molar-refractivity contribution in [3.8, 4) is 0 Å². The Hall–Kier alpha value is 4.30. The fraction of sp³-hybridized carbons (Fsp3) is 1.00. The van der Waals surface area contributed by atoms with E-state index in [9.17, 15) is 28.7 Å². The van der Waals surface area contributed by atoms with E-state index in [1.165, 1.54) is 0 Å². The van der Waals surface area contributed by atoms with Crippen LogP contribution in [0, 0.1) is 0 Å². The van der Waals surface area contributed by atoms with Gasteiger partial charge in [-0.3, -0.25) is 0 Å². The first-order chi connectivity index (χ1) is 4.15. The summed E-state index contributed by atoms with van der Waals surface area (Å²) in [5, 5.41) is -2.35. The molecule has 0 aromatic heterocycles. The van der Waals surface area contributed by atoms with Gasteiger partial charge < -0.3 is 28.7 Å². The molecule has 62 valence electrons. The van der Waals surface area contributed by atoms with Crippen LogP contribution in [-0.2, 0) is 9.13 Å². The first-order valence-corrected chi connectivity index (χ1v) is 5.41. The van der Waals surface area contributed by atoms with Crippen LogP contribution < -0.4 is 138 Å². The molecule has 0 aliphatic carbocycles. The minimum atomic E-state index is -5.27. The van der Waals surface area contributed by atoms with Crippen LogP contribution in [-0.4, -0.2) is 5.40 Å². The first kappa shape index (κ1) is 31.0. The van der Waals surface area contributed by atoms with Crippen LogP contribution in [0.1, 0.15) is 6.92 Å². The van der Waals surface area contributed by atoms with Gasteiger partial charge >= 0.3 is 118 Å². The van der Waals surface area contributed by atoms with Crippen molar-refractivity contribution in [3.63, 3.8) is 0 Å². The van der Waals surface area contributed by atoms with Gasteiger partial charge in [0.2, 0.25) is 0 Å². The standard InChI is InChI=1S/C2H8O6P2.4Na/c1-2(9(3,4)5)10(6,7)8;;;;/h2H,1H3,(H2,3,4,5)(H2,6,7,8);;;;/q;4*+1/p-4. The van der Waals surface area contributed by atoms with E-state index in [1.807, 2.05) is 0 Å². The number of hydrogen-bond acceptors (Lipinski definition) is 6. The largest absolute Gasteiger partial charge is 1.00 e. The van der Waals surface area contributed by atoms with Crippen molar-refractivity contribution in [3.05, 3.63) is 0 Å². The predicted octanol–water partition coefficient (Wildman–Crippen LogP) is -14.8. The minimum absolute atomic E-state index is 0. The molecule has 0 aromatic rings. The third-order valence-corrected chi connectivity index (χ3v) is 4.44. The van der Waals surface area contributed by atoms with Crippen LogP contribution in [0.15, 0.2) is 0 Å². The SMILES string of the molecule is CC(P(=O)([O-])[O-])P(=O)([O-])[O-].[Na+].[Na+].[Na+].[Na+]. The summed E-state index contributed by atoms with van der Waals surface area (Å²) in [7, 11) is -10.5. The van der Waals surface area contributed by atoms with Gasteiger partial charge in [0.1, 0.15) is 0 Å². The van der Waals surface area contributed by atoms with Gasteiger partial charge in [0.15, 0.2) is 0 Å². The van der Waals surface area contributed by atoms with Crippen molar-refractivity contribution in [1.82, 2.24) is 0 Å². The molecule has 0 radical (unpaired) electrons. The Balaban J connectivity index is -0.0000000675. The molecule has 0 amide bonds. The molecule has 0 saturated heterocycles. The average Bonchev–Trinajstić information content (AvgIpc) is 1.59. The summed E-state index contributed by atoms with van der Waals surface area (Å²) in [6, 6.07) is 0. The fourth-order valence-corrected chi connectivity index (χ4v) is 1.56. The molecule has 0 fully saturated rings. The van der Waals surface area contributed by atoms with Gasteiger partial charge in [-0.2, -0.15) is 0 Å². The van der Waals surface area contributed by atoms with E-state index in [0.29, 0.717) is 6.92 Å². The molecule has 0 spiro atoms. The summed E-state index contributed by atoms with van der Waals surface area (Å²) in [4.78, 5) is 39.5. The van der Waals surface area contributed by atoms with E-state index in [2.05, 4.69) is 0 Å². The third-order valence-electron chi connectivity index (χ3n) is 0.915. The van der Waals surface area contributed by atoms with Gasteiger partial charge in [0.25, 0.3) is 0 Å². The Morgan fingerprint density at radius 3 is 0.929 bits per heavy atom. The van der Waals surface area contributed by atoms with E-state index >= 15 is 0 Å². The molecule has 0 rings (SSSR count). The molecular weight excluding hydrogens is 274 g/mol. The summed E-state index contributed by atoms with van der Waals surface area (Å²) in [5.74, 6) is 0. The van der Waals surface area contributed by atoms with E-state index in [-0.39, 0.29) is 118 Å². The molecule has 0 aliphatic heterocycles. The summed E-state index contributed by atoms with van der Waals surface area (Å²) in [5.41, 5.74) is 0. The number of rotatable bonds is 2. The van der Waals surface area contributed by atoms with Crippen LogP contribution in [0.3, 0.4) is 0 Å². The Morgan fingerprint density at radius 2 is 0.929 bits per heavy atom. The van der Waals surface area contributed by atoms with Crippen molar-refractivity contribution < 1.29 is 147 Å². The maximum absolute atomic E-state index is 9.88. The molecule has 0 heterocycles. The molecule has 0 N–H and O–H groups in total. The molecule has 12 heteroatoms. The second kappa shape index (κ2) is 12.3. The van der Waals surface area contributed by atoms with Gasteiger partial charge in [0, 0.05) is 5.40 Å². The van der Waals surface area contributed by atoms with E-state index in [0.717, 1.165) is 0 Å². The normalized spacial score (nSPS) is 10.1. The van der Waals surface area contributed by atoms with Gasteiger partial charge in [-0.1, -0.05) is 22.1 Å². The van der Waals surface area contributed by atoms with Crippen LogP contribution in [0.5, 0.6) is 0 Å². The summed E-state index contributed by atoms with van der Waals surface area (Å²) in [6.07, 6.45) is 0. The quantitative estimate of drug-likeness (QED) is 0.364. The summed E-state index contributed by atoms with van der Waals surface area (Å²) >= 11 is 0. The Kier molecular flexibility index (Phi) is 27.3. The second-order valence-electron chi connectivity index (χ2n) is 1.71. The fourth-order valence-electron chi connectivity index (χ4n) is 0.173. The van der Waals surface area contributed by atoms with E-state index < -0.39 is 20.6 Å². The monoisotopic (exact) mass is 278 g/mol. The summed E-state index contributed by atoms with van der Waals surface area (Å²) < 4.78 is 19.8. The van der Waals surface area contributed by atoms with Crippen LogP contribution >= 0.6 is 15.2 Å². The van der Waals surface area contributed by atoms with Gasteiger partial charge in [-0.05, 0) is 0 Å². The van der Waals surface area contributed by atoms with Crippen LogP contribution in [0.25, 0.3) is 0 Å². The molecular formula is C2H4Na4O6P2. The minimum Gasteiger partial charge on any atom is -0.810 e. The molecule has 0 aromatic carbocycles. The molecule has 0 unspecified atom stereocenters. The zero-order valence-electron chi connectivity index (χ0n) is 8.92. The Bertz CT molecular complexity index is 188. The van der Waals surface area contributed by atoms with Crippen molar-refractivity contribution in [2.45, 2.75) is 12.3 Å². The Morgan fingerprint density at radius 1 is 0.786 bits per heavy atom. The van der Waals surface area contributed by atoms with Crippen molar-refractivity contribution in [2.24, 2.45) is 0 Å². The van der Waals surface area contributed by atoms with E-state index in [4.69, 9.17) is 0 Å². The van der Waals surface area contributed by atoms with Gasteiger partial charge in [-0.15, -0.1) is 0 Å². The number of hydrogen-bond donors (Lipinski definition) is 0. The molecule has 0 aliphatic rings. The van der Waals surface area contributed by atoms with Crippen molar-refractivity contribution in [2.75, 3.05) is 0 Å². The molecule has 14 heavy (non-hydrogen) atoms. The van der Waals surface area contributed by atoms with Crippen molar-refractivity contribution in [1.29, 1.82) is 0 Å². The Labute approximate surface area is 171 Å².